The molecule has 88 valence electrons. The molecule has 2 nitrogen and oxygen atoms in total. The van der Waals surface area contributed by atoms with Crippen molar-refractivity contribution in [2.45, 2.75) is 25.8 Å². The highest BCUT2D eigenvalue weighted by Crippen LogP contribution is 2.14. The van der Waals surface area contributed by atoms with Crippen LogP contribution in [-0.4, -0.2) is 17.3 Å². The van der Waals surface area contributed by atoms with Crippen molar-refractivity contribution in [3.63, 3.8) is 0 Å². The second kappa shape index (κ2) is 5.87. The summed E-state index contributed by atoms with van der Waals surface area (Å²) in [5.41, 5.74) is 0.344. The zero-order valence-electron chi connectivity index (χ0n) is 9.39. The van der Waals surface area contributed by atoms with Crippen molar-refractivity contribution < 1.29 is 4.79 Å². The summed E-state index contributed by atoms with van der Waals surface area (Å²) in [6, 6.07) is 7.50. The van der Waals surface area contributed by atoms with E-state index in [4.69, 9.17) is 11.6 Å². The van der Waals surface area contributed by atoms with Gasteiger partial charge in [-0.1, -0.05) is 13.0 Å². The van der Waals surface area contributed by atoms with Crippen LogP contribution < -0.4 is 5.32 Å². The number of nitrogens with one attached hydrogen (secondary N) is 1. The monoisotopic (exact) mass is 351 g/mol. The van der Waals surface area contributed by atoms with Crippen LogP contribution in [0.2, 0.25) is 0 Å². The molecular formula is C12H15ClINO. The summed E-state index contributed by atoms with van der Waals surface area (Å²) in [5.74, 6) is 0.350. The number of hydrogen-bond acceptors (Lipinski definition) is 1. The standard InChI is InChI=1S/C12H15ClINO/c1-3-12(2,8-13)15-11(16)9-5-4-6-10(14)7-9/h4-7H,3,8H2,1-2H3,(H,15,16). The minimum atomic E-state index is -0.333. The average Bonchev–Trinajstić information content (AvgIpc) is 2.29. The summed E-state index contributed by atoms with van der Waals surface area (Å²) < 4.78 is 1.05. The lowest BCUT2D eigenvalue weighted by molar-refractivity contribution is 0.0912. The van der Waals surface area contributed by atoms with E-state index in [9.17, 15) is 4.79 Å². The van der Waals surface area contributed by atoms with Gasteiger partial charge in [0.2, 0.25) is 0 Å². The molecule has 0 aromatic heterocycles. The van der Waals surface area contributed by atoms with Gasteiger partial charge in [-0.05, 0) is 54.1 Å². The maximum absolute atomic E-state index is 12.0. The molecule has 1 atom stereocenters. The van der Waals surface area contributed by atoms with Crippen molar-refractivity contribution in [1.82, 2.24) is 5.32 Å². The Morgan fingerprint density at radius 2 is 2.25 bits per heavy atom. The largest absolute Gasteiger partial charge is 0.346 e. The smallest absolute Gasteiger partial charge is 0.251 e. The molecule has 1 unspecified atom stereocenters. The number of carbonyl (C=O) groups excluding carboxylic acids is 1. The van der Waals surface area contributed by atoms with Crippen molar-refractivity contribution in [2.75, 3.05) is 5.88 Å². The highest BCUT2D eigenvalue weighted by atomic mass is 127. The van der Waals surface area contributed by atoms with Gasteiger partial charge >= 0.3 is 0 Å². The van der Waals surface area contributed by atoms with Gasteiger partial charge in [0.05, 0.1) is 5.54 Å². The van der Waals surface area contributed by atoms with Crippen LogP contribution in [0.15, 0.2) is 24.3 Å². The van der Waals surface area contributed by atoms with Gasteiger partial charge in [0.1, 0.15) is 0 Å². The van der Waals surface area contributed by atoms with E-state index in [1.165, 1.54) is 0 Å². The summed E-state index contributed by atoms with van der Waals surface area (Å²) >= 11 is 8.04. The van der Waals surface area contributed by atoms with E-state index < -0.39 is 0 Å². The van der Waals surface area contributed by atoms with Gasteiger partial charge in [-0.3, -0.25) is 4.79 Å². The van der Waals surface area contributed by atoms with Crippen molar-refractivity contribution in [2.24, 2.45) is 0 Å². The number of hydrogen-bond donors (Lipinski definition) is 1. The molecule has 1 N–H and O–H groups in total. The Morgan fingerprint density at radius 1 is 1.56 bits per heavy atom. The van der Waals surface area contributed by atoms with Crippen LogP contribution in [0, 0.1) is 3.57 Å². The minimum Gasteiger partial charge on any atom is -0.346 e. The SMILES string of the molecule is CCC(C)(CCl)NC(=O)c1cccc(I)c1. The van der Waals surface area contributed by atoms with Crippen LogP contribution in [0.1, 0.15) is 30.6 Å². The lowest BCUT2D eigenvalue weighted by Crippen LogP contribution is -2.47. The van der Waals surface area contributed by atoms with Crippen LogP contribution >= 0.6 is 34.2 Å². The summed E-state index contributed by atoms with van der Waals surface area (Å²) in [7, 11) is 0. The maximum Gasteiger partial charge on any atom is 0.251 e. The molecule has 0 bridgehead atoms. The molecule has 0 aliphatic heterocycles. The normalized spacial score (nSPS) is 14.2. The molecule has 0 heterocycles. The summed E-state index contributed by atoms with van der Waals surface area (Å²) in [4.78, 5) is 12.0. The van der Waals surface area contributed by atoms with E-state index >= 15 is 0 Å². The molecule has 0 spiro atoms. The first-order chi connectivity index (χ1) is 7.50. The number of benzene rings is 1. The zero-order valence-corrected chi connectivity index (χ0v) is 12.3. The van der Waals surface area contributed by atoms with Gasteiger partial charge < -0.3 is 5.32 Å². The lowest BCUT2D eigenvalue weighted by atomic mass is 10.0. The number of carbonyl (C=O) groups is 1. The average molecular weight is 352 g/mol. The first-order valence-electron chi connectivity index (χ1n) is 5.15. The molecule has 1 aromatic carbocycles. The van der Waals surface area contributed by atoms with Crippen LogP contribution in [0.25, 0.3) is 0 Å². The Hall–Kier alpha value is -0.290. The molecule has 0 aliphatic carbocycles. The van der Waals surface area contributed by atoms with E-state index in [0.717, 1.165) is 9.99 Å². The fourth-order valence-corrected chi connectivity index (χ4v) is 1.99. The van der Waals surface area contributed by atoms with E-state index in [0.29, 0.717) is 11.4 Å². The Balaban J connectivity index is 2.80. The molecule has 1 aromatic rings. The second-order valence-corrected chi connectivity index (χ2v) is 5.53. The fourth-order valence-electron chi connectivity index (χ4n) is 1.19. The van der Waals surface area contributed by atoms with Crippen molar-refractivity contribution >= 4 is 40.1 Å². The molecule has 0 saturated heterocycles. The van der Waals surface area contributed by atoms with E-state index in [-0.39, 0.29) is 11.4 Å². The molecule has 0 radical (unpaired) electrons. The van der Waals surface area contributed by atoms with Crippen LogP contribution in [0.3, 0.4) is 0 Å². The Morgan fingerprint density at radius 3 is 2.75 bits per heavy atom. The second-order valence-electron chi connectivity index (χ2n) is 4.01. The Labute approximate surface area is 115 Å². The third-order valence-corrected chi connectivity index (χ3v) is 3.84. The van der Waals surface area contributed by atoms with Gasteiger partial charge in [-0.2, -0.15) is 0 Å². The fraction of sp³-hybridized carbons (Fsp3) is 0.417. The molecule has 1 amide bonds. The molecule has 1 rings (SSSR count). The third-order valence-electron chi connectivity index (χ3n) is 2.58. The Bertz CT molecular complexity index is 377. The molecule has 0 fully saturated rings. The number of rotatable bonds is 4. The zero-order chi connectivity index (χ0) is 12.2. The van der Waals surface area contributed by atoms with E-state index in [1.807, 2.05) is 38.1 Å². The van der Waals surface area contributed by atoms with Crippen LogP contribution in [0.5, 0.6) is 0 Å². The molecular weight excluding hydrogens is 336 g/mol. The molecule has 4 heteroatoms. The quantitative estimate of drug-likeness (QED) is 0.653. The lowest BCUT2D eigenvalue weighted by Gasteiger charge is -2.27. The highest BCUT2D eigenvalue weighted by Gasteiger charge is 2.23. The van der Waals surface area contributed by atoms with Crippen molar-refractivity contribution in [3.8, 4) is 0 Å². The van der Waals surface area contributed by atoms with Crippen LogP contribution in [-0.2, 0) is 0 Å². The minimum absolute atomic E-state index is 0.0662. The highest BCUT2D eigenvalue weighted by molar-refractivity contribution is 14.1. The number of halogens is 2. The summed E-state index contributed by atoms with van der Waals surface area (Å²) in [6.07, 6.45) is 0.812. The number of alkyl halides is 1. The summed E-state index contributed by atoms with van der Waals surface area (Å²) in [6.45, 7) is 3.96. The van der Waals surface area contributed by atoms with Crippen molar-refractivity contribution in [1.29, 1.82) is 0 Å². The van der Waals surface area contributed by atoms with Gasteiger partial charge in [-0.25, -0.2) is 0 Å². The number of amides is 1. The van der Waals surface area contributed by atoms with Gasteiger partial charge in [0.25, 0.3) is 5.91 Å². The van der Waals surface area contributed by atoms with Gasteiger partial charge in [0, 0.05) is 15.0 Å². The molecule has 0 saturated carbocycles. The van der Waals surface area contributed by atoms with Crippen LogP contribution in [0.4, 0.5) is 0 Å². The van der Waals surface area contributed by atoms with E-state index in [1.54, 1.807) is 0 Å². The topological polar surface area (TPSA) is 29.1 Å². The Kier molecular flexibility index (Phi) is 5.05. The first kappa shape index (κ1) is 13.8. The predicted molar refractivity (Wildman–Crippen MR) is 76.0 cm³/mol. The third kappa shape index (κ3) is 3.63. The van der Waals surface area contributed by atoms with E-state index in [2.05, 4.69) is 27.9 Å². The predicted octanol–water partition coefficient (Wildman–Crippen LogP) is 3.43. The van der Waals surface area contributed by atoms with Gasteiger partial charge in [0.15, 0.2) is 0 Å². The maximum atomic E-state index is 12.0. The molecule has 16 heavy (non-hydrogen) atoms. The van der Waals surface area contributed by atoms with Crippen molar-refractivity contribution in [3.05, 3.63) is 33.4 Å². The van der Waals surface area contributed by atoms with Gasteiger partial charge in [-0.15, -0.1) is 11.6 Å². The first-order valence-corrected chi connectivity index (χ1v) is 6.76. The summed E-state index contributed by atoms with van der Waals surface area (Å²) in [5, 5.41) is 2.96. The molecule has 0 aliphatic rings.